The van der Waals surface area contributed by atoms with Gasteiger partial charge in [0.2, 0.25) is 5.91 Å². The maximum Gasteiger partial charge on any atom is 0.249 e. The lowest BCUT2D eigenvalue weighted by Gasteiger charge is -2.09. The highest BCUT2D eigenvalue weighted by molar-refractivity contribution is 6.00. The van der Waals surface area contributed by atoms with Gasteiger partial charge in [0, 0.05) is 5.56 Å². The Bertz CT molecular complexity index is 574. The fraction of sp³-hybridized carbons (Fsp3) is 0.133. The third-order valence-electron chi connectivity index (χ3n) is 2.84. The first-order chi connectivity index (χ1) is 8.61. The summed E-state index contributed by atoms with van der Waals surface area (Å²) < 4.78 is 5.11. The molecule has 0 spiro atoms. The number of carbonyl (C=O) groups is 1. The molecule has 1 amide bonds. The highest BCUT2D eigenvalue weighted by atomic mass is 16.5. The summed E-state index contributed by atoms with van der Waals surface area (Å²) in [5, 5.41) is 0. The minimum absolute atomic E-state index is 0.412. The summed E-state index contributed by atoms with van der Waals surface area (Å²) in [6, 6.07) is 13.2. The van der Waals surface area contributed by atoms with Gasteiger partial charge in [-0.2, -0.15) is 0 Å². The number of nitrogens with two attached hydrogens (primary N) is 1. The van der Waals surface area contributed by atoms with Crippen molar-refractivity contribution in [2.24, 2.45) is 5.73 Å². The molecule has 0 atom stereocenters. The smallest absolute Gasteiger partial charge is 0.249 e. The number of benzene rings is 2. The average molecular weight is 241 g/mol. The monoisotopic (exact) mass is 241 g/mol. The van der Waals surface area contributed by atoms with E-state index in [4.69, 9.17) is 10.5 Å². The van der Waals surface area contributed by atoms with Crippen molar-refractivity contribution in [3.63, 3.8) is 0 Å². The van der Waals surface area contributed by atoms with Crippen LogP contribution in [0, 0.1) is 6.92 Å². The first kappa shape index (κ1) is 12.2. The summed E-state index contributed by atoms with van der Waals surface area (Å²) in [5.41, 5.74) is 8.76. The van der Waals surface area contributed by atoms with Gasteiger partial charge in [-0.25, -0.2) is 0 Å². The zero-order valence-corrected chi connectivity index (χ0v) is 10.4. The summed E-state index contributed by atoms with van der Waals surface area (Å²) in [5.74, 6) is 0.371. The van der Waals surface area contributed by atoms with Crippen LogP contribution in [0.15, 0.2) is 42.5 Å². The Kier molecular flexibility index (Phi) is 3.33. The van der Waals surface area contributed by atoms with E-state index in [1.807, 2.05) is 49.4 Å². The zero-order chi connectivity index (χ0) is 13.1. The van der Waals surface area contributed by atoms with Gasteiger partial charge < -0.3 is 10.5 Å². The predicted octanol–water partition coefficient (Wildman–Crippen LogP) is 2.77. The maximum absolute atomic E-state index is 11.5. The molecule has 0 fully saturated rings. The third-order valence-corrected chi connectivity index (χ3v) is 2.84. The molecule has 92 valence electrons. The second-order valence-electron chi connectivity index (χ2n) is 4.14. The topological polar surface area (TPSA) is 52.3 Å². The molecule has 0 aliphatic carbocycles. The van der Waals surface area contributed by atoms with Gasteiger partial charge in [0.25, 0.3) is 0 Å². The number of methoxy groups -OCH3 is 1. The van der Waals surface area contributed by atoms with E-state index in [-0.39, 0.29) is 0 Å². The second-order valence-corrected chi connectivity index (χ2v) is 4.14. The molecule has 2 aromatic rings. The van der Waals surface area contributed by atoms with Gasteiger partial charge in [0.1, 0.15) is 5.75 Å². The number of carbonyl (C=O) groups excluding carboxylic acids is 1. The minimum atomic E-state index is -0.412. The summed E-state index contributed by atoms with van der Waals surface area (Å²) >= 11 is 0. The van der Waals surface area contributed by atoms with Crippen LogP contribution in [0.2, 0.25) is 0 Å². The van der Waals surface area contributed by atoms with Crippen LogP contribution in [0.3, 0.4) is 0 Å². The molecule has 0 aliphatic rings. The zero-order valence-electron chi connectivity index (χ0n) is 10.4. The Morgan fingerprint density at radius 3 is 2.33 bits per heavy atom. The van der Waals surface area contributed by atoms with E-state index in [9.17, 15) is 4.79 Å². The highest BCUT2D eigenvalue weighted by Gasteiger charge is 2.10. The van der Waals surface area contributed by atoms with E-state index in [0.717, 1.165) is 22.4 Å². The molecule has 0 saturated carbocycles. The highest BCUT2D eigenvalue weighted by Crippen LogP contribution is 2.26. The molecule has 3 nitrogen and oxygen atoms in total. The van der Waals surface area contributed by atoms with Crippen molar-refractivity contribution in [1.82, 2.24) is 0 Å². The van der Waals surface area contributed by atoms with Gasteiger partial charge in [-0.1, -0.05) is 29.8 Å². The molecular weight excluding hydrogens is 226 g/mol. The van der Waals surface area contributed by atoms with Crippen molar-refractivity contribution in [2.75, 3.05) is 7.11 Å². The molecule has 0 unspecified atom stereocenters. The number of ether oxygens (including phenoxy) is 1. The van der Waals surface area contributed by atoms with Crippen LogP contribution < -0.4 is 10.5 Å². The molecule has 18 heavy (non-hydrogen) atoms. The number of rotatable bonds is 3. The minimum Gasteiger partial charge on any atom is -0.497 e. The van der Waals surface area contributed by atoms with Crippen LogP contribution in [-0.4, -0.2) is 13.0 Å². The van der Waals surface area contributed by atoms with Crippen LogP contribution in [0.5, 0.6) is 5.75 Å². The Balaban J connectivity index is 2.52. The molecule has 2 N–H and O–H groups in total. The van der Waals surface area contributed by atoms with E-state index >= 15 is 0 Å². The van der Waals surface area contributed by atoms with Gasteiger partial charge in [-0.05, 0) is 36.2 Å². The van der Waals surface area contributed by atoms with E-state index in [1.165, 1.54) is 0 Å². The molecule has 0 saturated heterocycles. The summed E-state index contributed by atoms with van der Waals surface area (Å²) in [7, 11) is 1.62. The lowest BCUT2D eigenvalue weighted by molar-refractivity contribution is 0.100. The third kappa shape index (κ3) is 2.35. The normalized spacial score (nSPS) is 10.1. The molecule has 2 rings (SSSR count). The summed E-state index contributed by atoms with van der Waals surface area (Å²) in [6.45, 7) is 1.93. The van der Waals surface area contributed by atoms with Gasteiger partial charge in [-0.15, -0.1) is 0 Å². The van der Waals surface area contributed by atoms with Crippen LogP contribution >= 0.6 is 0 Å². The number of aryl methyl sites for hydroxylation is 1. The molecule has 0 heterocycles. The first-order valence-corrected chi connectivity index (χ1v) is 5.66. The SMILES string of the molecule is COc1ccc(-c2ccc(C)cc2C(N)=O)cc1. The van der Waals surface area contributed by atoms with Crippen LogP contribution in [0.25, 0.3) is 11.1 Å². The van der Waals surface area contributed by atoms with E-state index in [2.05, 4.69) is 0 Å². The van der Waals surface area contributed by atoms with Gasteiger partial charge >= 0.3 is 0 Å². The van der Waals surface area contributed by atoms with E-state index in [1.54, 1.807) is 7.11 Å². The van der Waals surface area contributed by atoms with Crippen LogP contribution in [0.1, 0.15) is 15.9 Å². The predicted molar refractivity (Wildman–Crippen MR) is 71.7 cm³/mol. The fourth-order valence-electron chi connectivity index (χ4n) is 1.88. The number of hydrogen-bond donors (Lipinski definition) is 1. The van der Waals surface area contributed by atoms with Crippen molar-refractivity contribution in [2.45, 2.75) is 6.92 Å². The number of hydrogen-bond acceptors (Lipinski definition) is 2. The molecular formula is C15H15NO2. The van der Waals surface area contributed by atoms with Crippen molar-refractivity contribution < 1.29 is 9.53 Å². The molecule has 2 aromatic carbocycles. The van der Waals surface area contributed by atoms with Crippen LogP contribution in [-0.2, 0) is 0 Å². The molecule has 0 radical (unpaired) electrons. The van der Waals surface area contributed by atoms with E-state index in [0.29, 0.717) is 5.56 Å². The Morgan fingerprint density at radius 2 is 1.78 bits per heavy atom. The summed E-state index contributed by atoms with van der Waals surface area (Å²) in [4.78, 5) is 11.5. The summed E-state index contributed by atoms with van der Waals surface area (Å²) in [6.07, 6.45) is 0. The maximum atomic E-state index is 11.5. The lowest BCUT2D eigenvalue weighted by atomic mass is 9.97. The van der Waals surface area contributed by atoms with Crippen molar-refractivity contribution in [1.29, 1.82) is 0 Å². The fourth-order valence-corrected chi connectivity index (χ4v) is 1.88. The van der Waals surface area contributed by atoms with Crippen LogP contribution in [0.4, 0.5) is 0 Å². The van der Waals surface area contributed by atoms with Gasteiger partial charge in [0.15, 0.2) is 0 Å². The van der Waals surface area contributed by atoms with E-state index < -0.39 is 5.91 Å². The van der Waals surface area contributed by atoms with Gasteiger partial charge in [0.05, 0.1) is 7.11 Å². The number of amides is 1. The Labute approximate surface area is 106 Å². The average Bonchev–Trinajstić information content (AvgIpc) is 2.39. The van der Waals surface area contributed by atoms with Crippen molar-refractivity contribution in [3.8, 4) is 16.9 Å². The first-order valence-electron chi connectivity index (χ1n) is 5.66. The lowest BCUT2D eigenvalue weighted by Crippen LogP contribution is -2.12. The van der Waals surface area contributed by atoms with Crippen molar-refractivity contribution >= 4 is 5.91 Å². The van der Waals surface area contributed by atoms with Gasteiger partial charge in [-0.3, -0.25) is 4.79 Å². The number of primary amides is 1. The standard InChI is InChI=1S/C15H15NO2/c1-10-3-8-13(14(9-10)15(16)17)11-4-6-12(18-2)7-5-11/h3-9H,1-2H3,(H2,16,17). The molecule has 0 bridgehead atoms. The van der Waals surface area contributed by atoms with Crippen molar-refractivity contribution in [3.05, 3.63) is 53.6 Å². The molecule has 3 heteroatoms. The Morgan fingerprint density at radius 1 is 1.11 bits per heavy atom. The Hall–Kier alpha value is -2.29. The second kappa shape index (κ2) is 4.92. The molecule has 0 aliphatic heterocycles. The molecule has 0 aromatic heterocycles. The largest absolute Gasteiger partial charge is 0.497 e. The quantitative estimate of drug-likeness (QED) is 0.898.